The van der Waals surface area contributed by atoms with Crippen LogP contribution in [0.3, 0.4) is 0 Å². The molecule has 0 aliphatic carbocycles. The third-order valence-electron chi connectivity index (χ3n) is 4.70. The average molecular weight is 395 g/mol. The Balaban J connectivity index is 1.74. The van der Waals surface area contributed by atoms with Crippen molar-refractivity contribution in [2.45, 2.75) is 17.4 Å². The third-order valence-corrected chi connectivity index (χ3v) is 5.63. The molecule has 0 spiro atoms. The molecule has 1 aliphatic heterocycles. The second-order valence-corrected chi connectivity index (χ2v) is 8.13. The van der Waals surface area contributed by atoms with Crippen LogP contribution in [0, 0.1) is 5.82 Å². The van der Waals surface area contributed by atoms with Gasteiger partial charge in [-0.25, -0.2) is 17.9 Å². The molecule has 1 aliphatic rings. The lowest BCUT2D eigenvalue weighted by Crippen LogP contribution is -2.19. The molecule has 142 valence electrons. The Labute approximate surface area is 163 Å². The molecule has 1 heterocycles. The van der Waals surface area contributed by atoms with Crippen molar-refractivity contribution < 1.29 is 12.8 Å². The van der Waals surface area contributed by atoms with E-state index in [1.54, 1.807) is 24.3 Å². The second kappa shape index (κ2) is 7.18. The van der Waals surface area contributed by atoms with Crippen molar-refractivity contribution in [1.82, 2.24) is 0 Å². The number of sulfonamides is 1. The first-order valence-corrected chi connectivity index (χ1v) is 10.3. The highest BCUT2D eigenvalue weighted by Crippen LogP contribution is 2.36. The summed E-state index contributed by atoms with van der Waals surface area (Å²) in [5.74, 6) is -0.294. The summed E-state index contributed by atoms with van der Waals surface area (Å²) in [6.07, 6.45) is 0.645. The molecular weight excluding hydrogens is 377 g/mol. The van der Waals surface area contributed by atoms with Crippen molar-refractivity contribution in [3.8, 4) is 0 Å². The molecule has 0 amide bonds. The third kappa shape index (κ3) is 3.67. The van der Waals surface area contributed by atoms with Gasteiger partial charge in [0.05, 0.1) is 22.3 Å². The number of anilines is 1. The molecule has 0 saturated carbocycles. The van der Waals surface area contributed by atoms with E-state index in [1.165, 1.54) is 24.3 Å². The average Bonchev–Trinajstić information content (AvgIpc) is 3.14. The zero-order valence-corrected chi connectivity index (χ0v) is 15.7. The Bertz CT molecular complexity index is 1110. The Morgan fingerprint density at radius 1 is 0.929 bits per heavy atom. The highest BCUT2D eigenvalue weighted by atomic mass is 32.2. The largest absolute Gasteiger partial charge is 0.257 e. The minimum atomic E-state index is -3.76. The summed E-state index contributed by atoms with van der Waals surface area (Å²) < 4.78 is 36.3. The molecule has 3 aromatic rings. The van der Waals surface area contributed by atoms with Gasteiger partial charge in [-0.15, -0.1) is 0 Å². The van der Waals surface area contributed by atoms with E-state index in [2.05, 4.69) is 0 Å². The Morgan fingerprint density at radius 3 is 2.18 bits per heavy atom. The molecule has 4 rings (SSSR count). The van der Waals surface area contributed by atoms with Crippen LogP contribution in [-0.4, -0.2) is 14.1 Å². The summed E-state index contributed by atoms with van der Waals surface area (Å²) >= 11 is 0. The minimum Gasteiger partial charge on any atom is -0.257 e. The fraction of sp³-hybridized carbons (Fsp3) is 0.0952. The van der Waals surface area contributed by atoms with Crippen LogP contribution in [0.1, 0.15) is 23.6 Å². The molecule has 0 saturated heterocycles. The normalized spacial score (nSPS) is 16.9. The maximum absolute atomic E-state index is 13.3. The molecule has 0 fully saturated rings. The summed E-state index contributed by atoms with van der Waals surface area (Å²) in [7, 11) is -3.76. The van der Waals surface area contributed by atoms with Crippen LogP contribution in [0.15, 0.2) is 88.9 Å². The molecular formula is C21H18FN3O2S. The van der Waals surface area contributed by atoms with Gasteiger partial charge in [0.15, 0.2) is 0 Å². The van der Waals surface area contributed by atoms with Gasteiger partial charge in [-0.05, 0) is 47.5 Å². The number of benzene rings is 3. The molecule has 2 N–H and O–H groups in total. The summed E-state index contributed by atoms with van der Waals surface area (Å²) in [5, 5.41) is 11.8. The summed E-state index contributed by atoms with van der Waals surface area (Å²) in [6.45, 7) is 0. The monoisotopic (exact) mass is 395 g/mol. The van der Waals surface area contributed by atoms with E-state index in [-0.39, 0.29) is 16.8 Å². The van der Waals surface area contributed by atoms with Gasteiger partial charge >= 0.3 is 0 Å². The predicted molar refractivity (Wildman–Crippen MR) is 107 cm³/mol. The fourth-order valence-electron chi connectivity index (χ4n) is 3.29. The van der Waals surface area contributed by atoms with Crippen LogP contribution in [0.4, 0.5) is 10.1 Å². The van der Waals surface area contributed by atoms with Gasteiger partial charge in [0, 0.05) is 6.42 Å². The lowest BCUT2D eigenvalue weighted by molar-refractivity contribution is 0.597. The molecule has 1 unspecified atom stereocenters. The number of nitrogens with two attached hydrogens (primary N) is 1. The van der Waals surface area contributed by atoms with E-state index >= 15 is 0 Å². The number of rotatable bonds is 4. The number of halogens is 1. The number of hydrogen-bond acceptors (Lipinski definition) is 4. The van der Waals surface area contributed by atoms with Crippen LogP contribution in [0.2, 0.25) is 0 Å². The SMILES string of the molecule is NS(=O)(=O)c1ccc(N2N=C(c3ccc(F)cc3)CC2c2ccccc2)cc1. The summed E-state index contributed by atoms with van der Waals surface area (Å²) in [4.78, 5) is 0.0504. The van der Waals surface area contributed by atoms with Crippen LogP contribution in [0.25, 0.3) is 0 Å². The van der Waals surface area contributed by atoms with E-state index in [0.717, 1.165) is 22.5 Å². The molecule has 1 atom stereocenters. The summed E-state index contributed by atoms with van der Waals surface area (Å²) in [6, 6.07) is 22.5. The molecule has 3 aromatic carbocycles. The van der Waals surface area contributed by atoms with E-state index in [4.69, 9.17) is 10.2 Å². The highest BCUT2D eigenvalue weighted by Gasteiger charge is 2.30. The molecule has 7 heteroatoms. The standard InChI is InChI=1S/C21H18FN3O2S/c22-17-8-6-15(7-9-17)20-14-21(16-4-2-1-3-5-16)25(24-20)18-10-12-19(13-11-18)28(23,26)27/h1-13,21H,14H2,(H2,23,26,27). The lowest BCUT2D eigenvalue weighted by atomic mass is 9.98. The first-order valence-electron chi connectivity index (χ1n) is 8.72. The number of hydrazone groups is 1. The van der Waals surface area contributed by atoms with Gasteiger partial charge in [-0.2, -0.15) is 5.10 Å². The topological polar surface area (TPSA) is 75.8 Å². The van der Waals surface area contributed by atoms with Gasteiger partial charge in [0.25, 0.3) is 0 Å². The molecule has 0 radical (unpaired) electrons. The minimum absolute atomic E-state index is 0.0504. The van der Waals surface area contributed by atoms with Crippen LogP contribution < -0.4 is 10.1 Å². The molecule has 28 heavy (non-hydrogen) atoms. The van der Waals surface area contributed by atoms with Gasteiger partial charge < -0.3 is 0 Å². The van der Waals surface area contributed by atoms with E-state index < -0.39 is 10.0 Å². The van der Waals surface area contributed by atoms with Crippen molar-refractivity contribution in [3.05, 3.63) is 95.8 Å². The van der Waals surface area contributed by atoms with Crippen molar-refractivity contribution in [2.75, 3.05) is 5.01 Å². The zero-order chi connectivity index (χ0) is 19.7. The Kier molecular flexibility index (Phi) is 4.70. The van der Waals surface area contributed by atoms with Crippen LogP contribution in [0.5, 0.6) is 0 Å². The molecule has 0 aromatic heterocycles. The molecule has 0 bridgehead atoms. The first kappa shape index (κ1) is 18.3. The smallest absolute Gasteiger partial charge is 0.238 e. The maximum Gasteiger partial charge on any atom is 0.238 e. The van der Waals surface area contributed by atoms with E-state index in [0.29, 0.717) is 6.42 Å². The van der Waals surface area contributed by atoms with E-state index in [9.17, 15) is 12.8 Å². The first-order chi connectivity index (χ1) is 13.4. The Morgan fingerprint density at radius 2 is 1.57 bits per heavy atom. The van der Waals surface area contributed by atoms with Crippen molar-refractivity contribution >= 4 is 21.4 Å². The van der Waals surface area contributed by atoms with Gasteiger partial charge in [0.2, 0.25) is 10.0 Å². The van der Waals surface area contributed by atoms with Gasteiger partial charge in [-0.1, -0.05) is 42.5 Å². The number of nitrogens with zero attached hydrogens (tertiary/aromatic N) is 2. The van der Waals surface area contributed by atoms with Crippen molar-refractivity contribution in [1.29, 1.82) is 0 Å². The van der Waals surface area contributed by atoms with Crippen LogP contribution in [-0.2, 0) is 10.0 Å². The highest BCUT2D eigenvalue weighted by molar-refractivity contribution is 7.89. The van der Waals surface area contributed by atoms with E-state index in [1.807, 2.05) is 35.3 Å². The zero-order valence-electron chi connectivity index (χ0n) is 14.9. The second-order valence-electron chi connectivity index (χ2n) is 6.57. The predicted octanol–water partition coefficient (Wildman–Crippen LogP) is 3.83. The lowest BCUT2D eigenvalue weighted by Gasteiger charge is -2.24. The van der Waals surface area contributed by atoms with Gasteiger partial charge in [0.1, 0.15) is 5.82 Å². The Hall–Kier alpha value is -3.03. The summed E-state index contributed by atoms with van der Waals surface area (Å²) in [5.41, 5.74) is 3.52. The van der Waals surface area contributed by atoms with Crippen LogP contribution >= 0.6 is 0 Å². The number of hydrogen-bond donors (Lipinski definition) is 1. The maximum atomic E-state index is 13.3. The molecule has 5 nitrogen and oxygen atoms in total. The number of primary sulfonamides is 1. The van der Waals surface area contributed by atoms with Gasteiger partial charge in [-0.3, -0.25) is 5.01 Å². The quantitative estimate of drug-likeness (QED) is 0.729. The van der Waals surface area contributed by atoms with Crippen molar-refractivity contribution in [3.63, 3.8) is 0 Å². The van der Waals surface area contributed by atoms with Crippen molar-refractivity contribution in [2.24, 2.45) is 10.2 Å². The fourth-order valence-corrected chi connectivity index (χ4v) is 3.80.